The zero-order valence-corrected chi connectivity index (χ0v) is 16.9. The number of nitrogens with zero attached hydrogens (tertiary/aromatic N) is 2. The van der Waals surface area contributed by atoms with Crippen LogP contribution in [0.1, 0.15) is 11.3 Å². The lowest BCUT2D eigenvalue weighted by Crippen LogP contribution is -2.41. The molecule has 1 aliphatic rings. The fourth-order valence-electron chi connectivity index (χ4n) is 3.11. The lowest BCUT2D eigenvalue weighted by molar-refractivity contribution is 0.566. The molecule has 0 aliphatic carbocycles. The smallest absolute Gasteiger partial charge is 0.190 e. The highest BCUT2D eigenvalue weighted by molar-refractivity contribution is 9.10. The maximum Gasteiger partial charge on any atom is 0.190 e. The van der Waals surface area contributed by atoms with Crippen LogP contribution in [0.4, 0.5) is 5.69 Å². The molecule has 1 aliphatic heterocycles. The summed E-state index contributed by atoms with van der Waals surface area (Å²) in [6.45, 7) is 4.10. The van der Waals surface area contributed by atoms with E-state index in [1.165, 1.54) is 17.0 Å². The third-order valence-electron chi connectivity index (χ3n) is 4.50. The lowest BCUT2D eigenvalue weighted by atomic mass is 10.1. The van der Waals surface area contributed by atoms with Crippen molar-refractivity contribution in [2.24, 2.45) is 10.9 Å². The van der Waals surface area contributed by atoms with Gasteiger partial charge < -0.3 is 15.5 Å². The quantitative estimate of drug-likeness (QED) is 0.552. The fourth-order valence-corrected chi connectivity index (χ4v) is 4.08. The first-order chi connectivity index (χ1) is 12.2. The van der Waals surface area contributed by atoms with Gasteiger partial charge in [-0.2, -0.15) is 0 Å². The van der Waals surface area contributed by atoms with Crippen LogP contribution in [0.5, 0.6) is 0 Å². The molecule has 0 bridgehead atoms. The van der Waals surface area contributed by atoms with Gasteiger partial charge in [0.15, 0.2) is 5.96 Å². The topological polar surface area (TPSA) is 39.7 Å². The number of hydrogen-bond acceptors (Lipinski definition) is 3. The second-order valence-electron chi connectivity index (χ2n) is 6.29. The Kier molecular flexibility index (Phi) is 6.76. The SMILES string of the molecule is CN=C(NCCc1cccs1)NCC1CCN(c2ccc(Br)cc2)C1. The molecular weight excluding hydrogens is 396 g/mol. The first-order valence-electron chi connectivity index (χ1n) is 8.72. The Morgan fingerprint density at radius 2 is 2.12 bits per heavy atom. The average Bonchev–Trinajstić information content (AvgIpc) is 3.30. The number of rotatable bonds is 6. The van der Waals surface area contributed by atoms with Crippen molar-refractivity contribution in [2.45, 2.75) is 12.8 Å². The number of benzene rings is 1. The number of thiophene rings is 1. The Labute approximate surface area is 162 Å². The maximum absolute atomic E-state index is 4.33. The number of anilines is 1. The van der Waals surface area contributed by atoms with Crippen molar-refractivity contribution in [3.63, 3.8) is 0 Å². The number of aliphatic imine (C=N–C) groups is 1. The minimum Gasteiger partial charge on any atom is -0.371 e. The molecule has 0 spiro atoms. The summed E-state index contributed by atoms with van der Waals surface area (Å²) < 4.78 is 1.13. The minimum absolute atomic E-state index is 0.652. The van der Waals surface area contributed by atoms with Crippen LogP contribution in [0.3, 0.4) is 0 Å². The monoisotopic (exact) mass is 420 g/mol. The molecule has 2 N–H and O–H groups in total. The highest BCUT2D eigenvalue weighted by Gasteiger charge is 2.22. The van der Waals surface area contributed by atoms with E-state index in [4.69, 9.17) is 0 Å². The Balaban J connectivity index is 1.39. The summed E-state index contributed by atoms with van der Waals surface area (Å²) in [5.41, 5.74) is 1.31. The first-order valence-corrected chi connectivity index (χ1v) is 10.4. The number of guanidine groups is 1. The van der Waals surface area contributed by atoms with Gasteiger partial charge in [-0.05, 0) is 54.5 Å². The lowest BCUT2D eigenvalue weighted by Gasteiger charge is -2.19. The molecule has 1 aromatic carbocycles. The summed E-state index contributed by atoms with van der Waals surface area (Å²) in [6, 6.07) is 12.9. The Bertz CT molecular complexity index is 669. The predicted octanol–water partition coefficient (Wildman–Crippen LogP) is 3.74. The Morgan fingerprint density at radius 1 is 1.28 bits per heavy atom. The van der Waals surface area contributed by atoms with E-state index in [2.05, 4.69) is 78.2 Å². The van der Waals surface area contributed by atoms with Crippen LogP contribution in [0.15, 0.2) is 51.2 Å². The molecule has 1 fully saturated rings. The summed E-state index contributed by atoms with van der Waals surface area (Å²) >= 11 is 5.31. The van der Waals surface area contributed by atoms with Crippen LogP contribution in [-0.2, 0) is 6.42 Å². The second kappa shape index (κ2) is 9.25. The molecule has 1 saturated heterocycles. The third-order valence-corrected chi connectivity index (χ3v) is 5.97. The summed E-state index contributed by atoms with van der Waals surface area (Å²) in [5.74, 6) is 1.55. The molecule has 1 aromatic heterocycles. The van der Waals surface area contributed by atoms with Gasteiger partial charge in [-0.15, -0.1) is 11.3 Å². The van der Waals surface area contributed by atoms with Gasteiger partial charge in [0, 0.05) is 48.3 Å². The van der Waals surface area contributed by atoms with E-state index in [1.54, 1.807) is 11.3 Å². The van der Waals surface area contributed by atoms with E-state index in [-0.39, 0.29) is 0 Å². The standard InChI is InChI=1S/C19H25BrN4S/c1-21-19(22-10-8-18-3-2-12-25-18)23-13-15-9-11-24(14-15)17-6-4-16(20)5-7-17/h2-7,12,15H,8-11,13-14H2,1H3,(H2,21,22,23). The van der Waals surface area contributed by atoms with Crippen LogP contribution in [0.2, 0.25) is 0 Å². The highest BCUT2D eigenvalue weighted by atomic mass is 79.9. The molecule has 134 valence electrons. The van der Waals surface area contributed by atoms with Crippen molar-refractivity contribution in [2.75, 3.05) is 38.1 Å². The van der Waals surface area contributed by atoms with Gasteiger partial charge >= 0.3 is 0 Å². The molecule has 25 heavy (non-hydrogen) atoms. The summed E-state index contributed by atoms with van der Waals surface area (Å²) in [7, 11) is 1.84. The van der Waals surface area contributed by atoms with Crippen LogP contribution in [0, 0.1) is 5.92 Å². The largest absolute Gasteiger partial charge is 0.371 e. The Hall–Kier alpha value is -1.53. The highest BCUT2D eigenvalue weighted by Crippen LogP contribution is 2.24. The molecule has 0 radical (unpaired) electrons. The molecule has 2 aromatic rings. The third kappa shape index (κ3) is 5.47. The van der Waals surface area contributed by atoms with E-state index >= 15 is 0 Å². The van der Waals surface area contributed by atoms with E-state index < -0.39 is 0 Å². The van der Waals surface area contributed by atoms with Crippen LogP contribution in [0.25, 0.3) is 0 Å². The molecule has 4 nitrogen and oxygen atoms in total. The number of hydrogen-bond donors (Lipinski definition) is 2. The van der Waals surface area contributed by atoms with Gasteiger partial charge in [-0.25, -0.2) is 0 Å². The number of halogens is 1. The maximum atomic E-state index is 4.33. The van der Waals surface area contributed by atoms with Crippen molar-refractivity contribution in [3.8, 4) is 0 Å². The van der Waals surface area contributed by atoms with Crippen molar-refractivity contribution < 1.29 is 0 Å². The average molecular weight is 421 g/mol. The van der Waals surface area contributed by atoms with Gasteiger partial charge in [-0.3, -0.25) is 4.99 Å². The molecule has 2 heterocycles. The predicted molar refractivity (Wildman–Crippen MR) is 112 cm³/mol. The van der Waals surface area contributed by atoms with E-state index in [1.807, 2.05) is 7.05 Å². The van der Waals surface area contributed by atoms with Crippen molar-refractivity contribution in [1.82, 2.24) is 10.6 Å². The summed E-state index contributed by atoms with van der Waals surface area (Å²) in [5, 5.41) is 9.01. The van der Waals surface area contributed by atoms with Gasteiger partial charge in [0.1, 0.15) is 0 Å². The molecule has 1 atom stereocenters. The zero-order chi connectivity index (χ0) is 17.5. The molecule has 0 amide bonds. The van der Waals surface area contributed by atoms with Gasteiger partial charge in [0.2, 0.25) is 0 Å². The van der Waals surface area contributed by atoms with Gasteiger partial charge in [0.25, 0.3) is 0 Å². The van der Waals surface area contributed by atoms with E-state index in [9.17, 15) is 0 Å². The van der Waals surface area contributed by atoms with Crippen LogP contribution >= 0.6 is 27.3 Å². The Morgan fingerprint density at radius 3 is 2.84 bits per heavy atom. The molecule has 0 saturated carbocycles. The summed E-state index contributed by atoms with van der Waals surface area (Å²) in [4.78, 5) is 8.20. The summed E-state index contributed by atoms with van der Waals surface area (Å²) in [6.07, 6.45) is 2.26. The van der Waals surface area contributed by atoms with Crippen LogP contribution < -0.4 is 15.5 Å². The number of nitrogens with one attached hydrogen (secondary N) is 2. The molecule has 6 heteroatoms. The van der Waals surface area contributed by atoms with E-state index in [0.717, 1.165) is 43.0 Å². The first kappa shape index (κ1) is 18.3. The normalized spacial score (nSPS) is 17.8. The van der Waals surface area contributed by atoms with Crippen LogP contribution in [-0.4, -0.2) is 39.2 Å². The molecular formula is C19H25BrN4S. The van der Waals surface area contributed by atoms with Gasteiger partial charge in [-0.1, -0.05) is 22.0 Å². The zero-order valence-electron chi connectivity index (χ0n) is 14.5. The van der Waals surface area contributed by atoms with Crippen molar-refractivity contribution >= 4 is 38.9 Å². The molecule has 1 unspecified atom stereocenters. The minimum atomic E-state index is 0.652. The van der Waals surface area contributed by atoms with Crippen molar-refractivity contribution in [3.05, 3.63) is 51.1 Å². The van der Waals surface area contributed by atoms with E-state index in [0.29, 0.717) is 5.92 Å². The second-order valence-corrected chi connectivity index (χ2v) is 8.23. The van der Waals surface area contributed by atoms with Crippen molar-refractivity contribution in [1.29, 1.82) is 0 Å². The molecule has 3 rings (SSSR count). The fraction of sp³-hybridized carbons (Fsp3) is 0.421. The van der Waals surface area contributed by atoms with Gasteiger partial charge in [0.05, 0.1) is 0 Å².